The van der Waals surface area contributed by atoms with Crippen LogP contribution in [0.1, 0.15) is 27.7 Å². The van der Waals surface area contributed by atoms with Crippen LogP contribution < -0.4 is 0 Å². The molecule has 2 nitrogen and oxygen atoms in total. The predicted octanol–water partition coefficient (Wildman–Crippen LogP) is 4.07. The summed E-state index contributed by atoms with van der Waals surface area (Å²) < 4.78 is 1.14. The molecule has 0 aliphatic carbocycles. The molecule has 112 valence electrons. The Hall–Kier alpha value is -1.22. The van der Waals surface area contributed by atoms with Crippen LogP contribution in [0.2, 0.25) is 0 Å². The second-order valence-electron chi connectivity index (χ2n) is 3.33. The van der Waals surface area contributed by atoms with Crippen molar-refractivity contribution in [3.8, 4) is 0 Å². The zero-order valence-electron chi connectivity index (χ0n) is 12.9. The van der Waals surface area contributed by atoms with E-state index in [-0.39, 0.29) is 5.78 Å². The van der Waals surface area contributed by atoms with Crippen LogP contribution >= 0.6 is 12.2 Å². The predicted molar refractivity (Wildman–Crippen MR) is 99.6 cm³/mol. The van der Waals surface area contributed by atoms with Gasteiger partial charge in [-0.1, -0.05) is 38.0 Å². The maximum absolute atomic E-state index is 9.69. The molecule has 0 fully saturated rings. The molecule has 0 aromatic heterocycles. The van der Waals surface area contributed by atoms with E-state index in [1.54, 1.807) is 19.1 Å². The quantitative estimate of drug-likeness (QED) is 0.356. The van der Waals surface area contributed by atoms with Gasteiger partial charge in [-0.3, -0.25) is 4.79 Å². The Morgan fingerprint density at radius 2 is 1.15 bits per heavy atom. The van der Waals surface area contributed by atoms with E-state index in [0.717, 1.165) is 9.28 Å². The number of hydrogen-bond donors (Lipinski definition) is 1. The first-order valence-corrected chi connectivity index (χ1v) is 6.91. The SMILES string of the molecule is C=CC(C)=N.C=CC(C)=O.C=CC(C)=S.C=CC(C)=[Se]. The number of rotatable bonds is 4. The molecule has 0 aromatic rings. The Kier molecular flexibility index (Phi) is 31.1. The summed E-state index contributed by atoms with van der Waals surface area (Å²) in [4.78, 5) is 10.5. The summed E-state index contributed by atoms with van der Waals surface area (Å²) in [6.45, 7) is 20.4. The second kappa shape index (κ2) is 22.9. The van der Waals surface area contributed by atoms with E-state index < -0.39 is 0 Å². The summed E-state index contributed by atoms with van der Waals surface area (Å²) in [5.74, 6) is 0.0185. The molecule has 1 N–H and O–H groups in total. The van der Waals surface area contributed by atoms with Gasteiger partial charge in [0.15, 0.2) is 5.78 Å². The zero-order chi connectivity index (χ0) is 17.1. The van der Waals surface area contributed by atoms with Gasteiger partial charge in [0.05, 0.1) is 0 Å². The molecule has 0 rings (SSSR count). The fourth-order valence-electron chi connectivity index (χ4n) is 0. The van der Waals surface area contributed by atoms with Crippen molar-refractivity contribution in [3.63, 3.8) is 0 Å². The van der Waals surface area contributed by atoms with E-state index in [0.29, 0.717) is 5.71 Å². The van der Waals surface area contributed by atoms with Crippen molar-refractivity contribution in [2.45, 2.75) is 27.7 Å². The van der Waals surface area contributed by atoms with Gasteiger partial charge in [-0.2, -0.15) is 0 Å². The maximum atomic E-state index is 9.69. The molecule has 0 saturated heterocycles. The van der Waals surface area contributed by atoms with E-state index >= 15 is 0 Å². The van der Waals surface area contributed by atoms with Crippen LogP contribution in [0.15, 0.2) is 50.6 Å². The summed E-state index contributed by atoms with van der Waals surface area (Å²) in [5, 5.41) is 6.62. The summed E-state index contributed by atoms with van der Waals surface area (Å²) >= 11 is 7.37. The number of thiocarbonyl (C=S) groups is 1. The van der Waals surface area contributed by atoms with Gasteiger partial charge in [-0.05, 0) is 32.9 Å². The van der Waals surface area contributed by atoms with Gasteiger partial charge < -0.3 is 5.41 Å². The van der Waals surface area contributed by atoms with Gasteiger partial charge in [-0.25, -0.2) is 0 Å². The summed E-state index contributed by atoms with van der Waals surface area (Å²) in [6.07, 6.45) is 6.20. The third kappa shape index (κ3) is 90.9. The van der Waals surface area contributed by atoms with E-state index in [9.17, 15) is 4.79 Å². The van der Waals surface area contributed by atoms with Crippen LogP contribution in [0, 0.1) is 5.41 Å². The van der Waals surface area contributed by atoms with Crippen LogP contribution in [0.4, 0.5) is 0 Å². The van der Waals surface area contributed by atoms with Crippen LogP contribution in [0.5, 0.6) is 0 Å². The molecular formula is C16H25NOSSe. The fourth-order valence-corrected chi connectivity index (χ4v) is 0. The molecule has 0 spiro atoms. The normalized spacial score (nSPS) is 6.60. The van der Waals surface area contributed by atoms with Gasteiger partial charge in [-0.15, -0.1) is 0 Å². The van der Waals surface area contributed by atoms with Crippen molar-refractivity contribution >= 4 is 48.6 Å². The van der Waals surface area contributed by atoms with Gasteiger partial charge in [0.1, 0.15) is 0 Å². The van der Waals surface area contributed by atoms with E-state index in [4.69, 9.17) is 5.41 Å². The second-order valence-corrected chi connectivity index (χ2v) is 5.33. The Labute approximate surface area is 137 Å². The minimum atomic E-state index is 0.0185. The Morgan fingerprint density at radius 1 is 0.950 bits per heavy atom. The average molecular weight is 358 g/mol. The third-order valence-corrected chi connectivity index (χ3v) is 1.68. The molecule has 0 saturated carbocycles. The molecule has 0 heterocycles. The van der Waals surface area contributed by atoms with Gasteiger partial charge in [0.25, 0.3) is 0 Å². The molecule has 0 atom stereocenters. The standard InChI is InChI=1S/C4H7N.C4H6O.C4H6S.C4H6Se/c4*1-3-4(2)5/h3,5H,1H2,2H3;3*3H,1H2,2H3. The first kappa shape index (κ1) is 27.2. The van der Waals surface area contributed by atoms with Crippen molar-refractivity contribution in [1.29, 1.82) is 5.41 Å². The topological polar surface area (TPSA) is 40.9 Å². The van der Waals surface area contributed by atoms with Crippen molar-refractivity contribution in [1.82, 2.24) is 0 Å². The number of nitrogens with one attached hydrogen (secondary N) is 1. The molecule has 0 bridgehead atoms. The Morgan fingerprint density at radius 3 is 1.15 bits per heavy atom. The Bertz CT molecular complexity index is 299. The first-order valence-electron chi connectivity index (χ1n) is 5.65. The van der Waals surface area contributed by atoms with E-state index in [1.807, 2.05) is 13.8 Å². The van der Waals surface area contributed by atoms with Crippen LogP contribution in [-0.4, -0.2) is 36.4 Å². The van der Waals surface area contributed by atoms with Crippen molar-refractivity contribution in [2.75, 3.05) is 0 Å². The molecule has 4 heteroatoms. The monoisotopic (exact) mass is 359 g/mol. The number of allylic oxidation sites excluding steroid dienone is 4. The average Bonchev–Trinajstić information content (AvgIpc) is 2.40. The summed E-state index contributed by atoms with van der Waals surface area (Å²) in [7, 11) is 0. The van der Waals surface area contributed by atoms with Crippen molar-refractivity contribution in [2.24, 2.45) is 0 Å². The van der Waals surface area contributed by atoms with Crippen LogP contribution in [0.3, 0.4) is 0 Å². The van der Waals surface area contributed by atoms with Crippen molar-refractivity contribution < 1.29 is 4.79 Å². The van der Waals surface area contributed by atoms with Crippen LogP contribution in [0.25, 0.3) is 0 Å². The third-order valence-electron chi connectivity index (χ3n) is 1.17. The summed E-state index contributed by atoms with van der Waals surface area (Å²) in [5.41, 5.74) is 0.519. The summed E-state index contributed by atoms with van der Waals surface area (Å²) in [6, 6.07) is 0. The molecule has 20 heavy (non-hydrogen) atoms. The molecule has 0 aliphatic rings. The fraction of sp³-hybridized carbons (Fsp3) is 0.250. The number of hydrogen-bond acceptors (Lipinski definition) is 3. The minimum absolute atomic E-state index is 0.0185. The molecule has 0 aromatic carbocycles. The molecular weight excluding hydrogens is 333 g/mol. The van der Waals surface area contributed by atoms with E-state index in [1.165, 1.54) is 19.1 Å². The molecule has 0 unspecified atom stereocenters. The number of carbonyl (C=O) groups is 1. The number of ketones is 1. The van der Waals surface area contributed by atoms with Crippen LogP contribution in [-0.2, 0) is 4.79 Å². The zero-order valence-corrected chi connectivity index (χ0v) is 15.4. The van der Waals surface area contributed by atoms with Gasteiger partial charge >= 0.3 is 39.6 Å². The number of carbonyl (C=O) groups excluding carboxylic acids is 1. The molecule has 0 amide bonds. The van der Waals surface area contributed by atoms with E-state index in [2.05, 4.69) is 54.1 Å². The first-order chi connectivity index (χ1) is 9.08. The Balaban J connectivity index is -0.0000000853. The van der Waals surface area contributed by atoms with Gasteiger partial charge in [0, 0.05) is 10.6 Å². The molecule has 0 radical (unpaired) electrons. The molecule has 0 aliphatic heterocycles. The van der Waals surface area contributed by atoms with Gasteiger partial charge in [0.2, 0.25) is 0 Å². The van der Waals surface area contributed by atoms with Crippen molar-refractivity contribution in [3.05, 3.63) is 50.6 Å².